The summed E-state index contributed by atoms with van der Waals surface area (Å²) < 4.78 is 0. The number of aromatic nitrogens is 3. The van der Waals surface area contributed by atoms with Crippen molar-refractivity contribution in [3.63, 3.8) is 0 Å². The van der Waals surface area contributed by atoms with Gasteiger partial charge < -0.3 is 0 Å². The maximum atomic E-state index is 5.47. The van der Waals surface area contributed by atoms with E-state index in [4.69, 9.17) is 15.0 Å². The van der Waals surface area contributed by atoms with Gasteiger partial charge in [0.05, 0.1) is 5.41 Å². The predicted octanol–water partition coefficient (Wildman–Crippen LogP) is 17.5. The van der Waals surface area contributed by atoms with E-state index in [-0.39, 0.29) is 0 Å². The second-order valence-corrected chi connectivity index (χ2v) is 19.8. The van der Waals surface area contributed by atoms with Crippen LogP contribution < -0.4 is 0 Å². The van der Waals surface area contributed by atoms with Crippen LogP contribution in [0.3, 0.4) is 0 Å². The summed E-state index contributed by atoms with van der Waals surface area (Å²) in [6, 6.07) is 95.2. The minimum Gasteiger partial charge on any atom is -0.208 e. The van der Waals surface area contributed by atoms with Crippen molar-refractivity contribution in [1.29, 1.82) is 0 Å². The fourth-order valence-electron chi connectivity index (χ4n) is 12.5. The molecule has 3 aliphatic carbocycles. The summed E-state index contributed by atoms with van der Waals surface area (Å²) in [7, 11) is 0. The molecular formula is C71H45N3. The van der Waals surface area contributed by atoms with Gasteiger partial charge in [-0.25, -0.2) is 15.0 Å². The van der Waals surface area contributed by atoms with Gasteiger partial charge in [0, 0.05) is 16.7 Å². The molecule has 0 bridgehead atoms. The van der Waals surface area contributed by atoms with E-state index < -0.39 is 5.41 Å². The Balaban J connectivity index is 0.913. The molecule has 1 aromatic heterocycles. The summed E-state index contributed by atoms with van der Waals surface area (Å²) in [5.41, 5.74) is 26.8. The molecule has 0 unspecified atom stereocenters. The SMILES string of the molecule is c1ccc(-c2cc(-c3ccccc3)cc(-c3ccc(-c4nc(-c5ccc6c(c5)-c5ccccc5C65c6ccccc6-c6ccccc6-c6ccccc65)nc(-c5cccc6c5-c5ccccc5C6)n4)cc3)c2)cc1. The van der Waals surface area contributed by atoms with Crippen LogP contribution in [0.5, 0.6) is 0 Å². The van der Waals surface area contributed by atoms with Crippen molar-refractivity contribution >= 4 is 0 Å². The molecule has 11 aromatic carbocycles. The highest BCUT2D eigenvalue weighted by Gasteiger charge is 2.49. The Bertz CT molecular complexity index is 4090. The largest absolute Gasteiger partial charge is 0.208 e. The monoisotopic (exact) mass is 939 g/mol. The Morgan fingerprint density at radius 3 is 1.20 bits per heavy atom. The normalized spacial score (nSPS) is 12.9. The molecule has 344 valence electrons. The van der Waals surface area contributed by atoms with Gasteiger partial charge in [0.1, 0.15) is 0 Å². The van der Waals surface area contributed by atoms with Gasteiger partial charge in [-0.15, -0.1) is 0 Å². The van der Waals surface area contributed by atoms with Gasteiger partial charge in [0.25, 0.3) is 0 Å². The van der Waals surface area contributed by atoms with Gasteiger partial charge in [0.15, 0.2) is 17.5 Å². The van der Waals surface area contributed by atoms with Gasteiger partial charge in [-0.3, -0.25) is 0 Å². The zero-order chi connectivity index (χ0) is 48.7. The summed E-state index contributed by atoms with van der Waals surface area (Å²) in [6.45, 7) is 0. The maximum Gasteiger partial charge on any atom is 0.164 e. The molecule has 0 saturated heterocycles. The predicted molar refractivity (Wildman–Crippen MR) is 302 cm³/mol. The standard InChI is InChI=1S/C71H45N3/c1-3-18-45(19-4-1)52-41-53(46-20-5-2-6-21-46)43-54(42-52)47-34-36-48(37-35-47)68-72-69(74-70(73-68)61-30-17-23-50-40-49-22-7-8-24-55(49)67(50)61)51-38-39-66-62(44-51)60-29-13-16-33-65(60)71(66)63-31-14-11-27-58(63)56-25-9-10-26-57(56)59-28-12-15-32-64(59)71/h1-39,41-44H,40H2. The van der Waals surface area contributed by atoms with E-state index in [0.717, 1.165) is 34.2 Å². The minimum atomic E-state index is -0.575. The molecule has 0 radical (unpaired) electrons. The lowest BCUT2D eigenvalue weighted by atomic mass is 9.66. The zero-order valence-electron chi connectivity index (χ0n) is 40.4. The highest BCUT2D eigenvalue weighted by molar-refractivity contribution is 5.98. The van der Waals surface area contributed by atoms with Gasteiger partial charge in [-0.2, -0.15) is 0 Å². The first-order chi connectivity index (χ1) is 36.7. The molecule has 3 nitrogen and oxygen atoms in total. The maximum absolute atomic E-state index is 5.47. The second-order valence-electron chi connectivity index (χ2n) is 19.8. The number of nitrogens with zero attached hydrogens (tertiary/aromatic N) is 3. The summed E-state index contributed by atoms with van der Waals surface area (Å²) in [6.07, 6.45) is 0.881. The first-order valence-electron chi connectivity index (χ1n) is 25.5. The molecule has 12 aromatic rings. The molecule has 3 heteroatoms. The van der Waals surface area contributed by atoms with Crippen LogP contribution in [0.4, 0.5) is 0 Å². The van der Waals surface area contributed by atoms with E-state index in [0.29, 0.717) is 17.5 Å². The van der Waals surface area contributed by atoms with Crippen molar-refractivity contribution < 1.29 is 0 Å². The fraction of sp³-hybridized carbons (Fsp3) is 0.0282. The van der Waals surface area contributed by atoms with E-state index in [9.17, 15) is 0 Å². The number of hydrogen-bond acceptors (Lipinski definition) is 3. The second kappa shape index (κ2) is 16.8. The van der Waals surface area contributed by atoms with Crippen LogP contribution in [-0.2, 0) is 11.8 Å². The van der Waals surface area contributed by atoms with E-state index in [1.54, 1.807) is 0 Å². The first-order valence-corrected chi connectivity index (χ1v) is 25.5. The summed E-state index contributed by atoms with van der Waals surface area (Å²) in [5, 5.41) is 0. The van der Waals surface area contributed by atoms with Crippen LogP contribution in [0.2, 0.25) is 0 Å². The van der Waals surface area contributed by atoms with E-state index in [1.807, 2.05) is 0 Å². The Kier molecular flexibility index (Phi) is 9.55. The minimum absolute atomic E-state index is 0.575. The van der Waals surface area contributed by atoms with Crippen molar-refractivity contribution in [2.45, 2.75) is 11.8 Å². The van der Waals surface area contributed by atoms with Gasteiger partial charge >= 0.3 is 0 Å². The lowest BCUT2D eigenvalue weighted by Crippen LogP contribution is -2.29. The van der Waals surface area contributed by atoms with E-state index >= 15 is 0 Å². The molecule has 3 aliphatic rings. The highest BCUT2D eigenvalue weighted by Crippen LogP contribution is 2.61. The number of rotatable bonds is 6. The smallest absolute Gasteiger partial charge is 0.164 e. The van der Waals surface area contributed by atoms with E-state index in [1.165, 1.54) is 100 Å². The Morgan fingerprint density at radius 1 is 0.230 bits per heavy atom. The Morgan fingerprint density at radius 2 is 0.622 bits per heavy atom. The van der Waals surface area contributed by atoms with Gasteiger partial charge in [-0.1, -0.05) is 237 Å². The number of fused-ring (bicyclic) bond motifs is 15. The average Bonchev–Trinajstić information content (AvgIpc) is 4.00. The van der Waals surface area contributed by atoms with Crippen LogP contribution in [0.25, 0.3) is 112 Å². The Hall–Kier alpha value is -9.57. The number of benzene rings is 11. The molecule has 0 saturated carbocycles. The average molecular weight is 940 g/mol. The van der Waals surface area contributed by atoms with Crippen LogP contribution >= 0.6 is 0 Å². The molecular weight excluding hydrogens is 895 g/mol. The molecule has 1 spiro atoms. The summed E-state index contributed by atoms with van der Waals surface area (Å²) in [5.74, 6) is 1.92. The van der Waals surface area contributed by atoms with Crippen molar-refractivity contribution in [1.82, 2.24) is 15.0 Å². The topological polar surface area (TPSA) is 38.7 Å². The van der Waals surface area contributed by atoms with Crippen LogP contribution in [0.1, 0.15) is 33.4 Å². The molecule has 0 fully saturated rings. The zero-order valence-corrected chi connectivity index (χ0v) is 40.4. The van der Waals surface area contributed by atoms with Gasteiger partial charge in [0.2, 0.25) is 0 Å². The fourth-order valence-corrected chi connectivity index (χ4v) is 12.5. The summed E-state index contributed by atoms with van der Waals surface area (Å²) >= 11 is 0. The van der Waals surface area contributed by atoms with Crippen LogP contribution in [0, 0.1) is 0 Å². The Labute approximate surface area is 430 Å². The quantitative estimate of drug-likeness (QED) is 0.167. The highest BCUT2D eigenvalue weighted by atomic mass is 15.0. The number of hydrogen-bond donors (Lipinski definition) is 0. The van der Waals surface area contributed by atoms with Crippen LogP contribution in [-0.4, -0.2) is 15.0 Å². The molecule has 0 atom stereocenters. The van der Waals surface area contributed by atoms with Crippen molar-refractivity contribution in [3.8, 4) is 112 Å². The summed E-state index contributed by atoms with van der Waals surface area (Å²) in [4.78, 5) is 16.3. The van der Waals surface area contributed by atoms with E-state index in [2.05, 4.69) is 261 Å². The lowest BCUT2D eigenvalue weighted by molar-refractivity contribution is 0.775. The van der Waals surface area contributed by atoms with Crippen LogP contribution in [0.15, 0.2) is 261 Å². The third-order valence-electron chi connectivity index (χ3n) is 15.8. The first kappa shape index (κ1) is 42.1. The molecule has 0 aliphatic heterocycles. The molecule has 0 N–H and O–H groups in total. The molecule has 15 rings (SSSR count). The van der Waals surface area contributed by atoms with Crippen molar-refractivity contribution in [3.05, 3.63) is 294 Å². The van der Waals surface area contributed by atoms with Gasteiger partial charge in [-0.05, 0) is 142 Å². The van der Waals surface area contributed by atoms with Crippen molar-refractivity contribution in [2.75, 3.05) is 0 Å². The third kappa shape index (κ3) is 6.50. The lowest BCUT2D eigenvalue weighted by Gasteiger charge is -2.35. The molecule has 0 amide bonds. The third-order valence-corrected chi connectivity index (χ3v) is 15.8. The van der Waals surface area contributed by atoms with Crippen molar-refractivity contribution in [2.24, 2.45) is 0 Å². The molecule has 1 heterocycles. The molecule has 74 heavy (non-hydrogen) atoms.